The zero-order valence-electron chi connectivity index (χ0n) is 16.4. The number of carbonyl (C=O) groups excluding carboxylic acids is 1. The Balaban J connectivity index is 0.000000203. The van der Waals surface area contributed by atoms with Crippen molar-refractivity contribution in [2.45, 2.75) is 38.1 Å². The predicted octanol–water partition coefficient (Wildman–Crippen LogP) is 4.67. The molecule has 0 radical (unpaired) electrons. The number of allylic oxidation sites excluding steroid dienone is 1. The first-order chi connectivity index (χ1) is 13.5. The Bertz CT molecular complexity index is 864. The Kier molecular flexibility index (Phi) is 7.34. The molecule has 1 fully saturated rings. The lowest BCUT2D eigenvalue weighted by Crippen LogP contribution is -2.34. The largest absolute Gasteiger partial charge is 0.388 e. The average molecular weight is 379 g/mol. The van der Waals surface area contributed by atoms with Gasteiger partial charge in [0.15, 0.2) is 0 Å². The first-order valence-corrected chi connectivity index (χ1v) is 9.36. The summed E-state index contributed by atoms with van der Waals surface area (Å²) in [5, 5.41) is 14.8. The maximum Gasteiger partial charge on any atom is 0.220 e. The lowest BCUT2D eigenvalue weighted by Gasteiger charge is -2.17. The van der Waals surface area contributed by atoms with Gasteiger partial charge in [-0.15, -0.1) is 6.58 Å². The van der Waals surface area contributed by atoms with Gasteiger partial charge in [-0.2, -0.15) is 5.26 Å². The van der Waals surface area contributed by atoms with Crippen molar-refractivity contribution in [1.82, 2.24) is 5.32 Å². The van der Waals surface area contributed by atoms with Crippen molar-refractivity contribution in [2.75, 3.05) is 12.4 Å². The summed E-state index contributed by atoms with van der Waals surface area (Å²) in [6, 6.07) is 14.1. The second-order valence-electron chi connectivity index (χ2n) is 6.72. The van der Waals surface area contributed by atoms with E-state index in [4.69, 9.17) is 5.26 Å². The molecule has 0 unspecified atom stereocenters. The van der Waals surface area contributed by atoms with Gasteiger partial charge in [0.1, 0.15) is 5.82 Å². The van der Waals surface area contributed by atoms with Crippen LogP contribution in [-0.2, 0) is 16.8 Å². The molecule has 0 aromatic heterocycles. The molecule has 0 atom stereocenters. The number of halogens is 1. The number of nitriles is 1. The van der Waals surface area contributed by atoms with Crippen molar-refractivity contribution in [3.05, 3.63) is 77.6 Å². The molecule has 1 amide bonds. The molecule has 146 valence electrons. The number of carbonyl (C=O) groups is 1. The second kappa shape index (κ2) is 9.70. The molecule has 0 saturated heterocycles. The van der Waals surface area contributed by atoms with Crippen molar-refractivity contribution < 1.29 is 9.18 Å². The van der Waals surface area contributed by atoms with E-state index in [1.54, 1.807) is 18.2 Å². The summed E-state index contributed by atoms with van der Waals surface area (Å²) in [6.45, 7) is 5.51. The molecule has 1 saturated carbocycles. The molecule has 0 heterocycles. The molecule has 1 aliphatic rings. The van der Waals surface area contributed by atoms with Crippen LogP contribution in [0.4, 0.5) is 10.1 Å². The highest BCUT2D eigenvalue weighted by atomic mass is 19.1. The number of rotatable bonds is 6. The van der Waals surface area contributed by atoms with Crippen LogP contribution < -0.4 is 10.6 Å². The van der Waals surface area contributed by atoms with E-state index in [-0.39, 0.29) is 17.3 Å². The minimum atomic E-state index is -0.239. The van der Waals surface area contributed by atoms with Crippen LogP contribution in [0, 0.1) is 17.1 Å². The molecular weight excluding hydrogens is 353 g/mol. The Morgan fingerprint density at radius 2 is 1.96 bits per heavy atom. The molecular formula is C23H26FN3O. The molecule has 2 N–H and O–H groups in total. The smallest absolute Gasteiger partial charge is 0.220 e. The van der Waals surface area contributed by atoms with Gasteiger partial charge in [-0.25, -0.2) is 4.39 Å². The standard InChI is InChI=1S/C12H14FNO.C11H12N2/c1-2-11(15)14-12(7-8-12)9-3-5-10(13)6-4-9;1-3-4-10-7-9(8-12)5-6-11(10)13-2/h3-6H,2,7-8H2,1H3,(H,14,15);3,5-7,13H,1,4H2,2H3. The summed E-state index contributed by atoms with van der Waals surface area (Å²) >= 11 is 0. The third-order valence-electron chi connectivity index (χ3n) is 4.71. The maximum absolute atomic E-state index is 12.7. The van der Waals surface area contributed by atoms with Crippen molar-refractivity contribution in [1.29, 1.82) is 5.26 Å². The molecule has 3 rings (SSSR count). The van der Waals surface area contributed by atoms with Gasteiger partial charge in [-0.1, -0.05) is 25.1 Å². The second-order valence-corrected chi connectivity index (χ2v) is 6.72. The van der Waals surface area contributed by atoms with Crippen LogP contribution in [0.1, 0.15) is 42.9 Å². The molecule has 5 heteroatoms. The van der Waals surface area contributed by atoms with Gasteiger partial charge in [-0.05, 0) is 60.7 Å². The molecule has 0 bridgehead atoms. The van der Waals surface area contributed by atoms with E-state index in [2.05, 4.69) is 23.3 Å². The topological polar surface area (TPSA) is 64.9 Å². The van der Waals surface area contributed by atoms with Gasteiger partial charge in [0.25, 0.3) is 0 Å². The van der Waals surface area contributed by atoms with Crippen LogP contribution in [0.3, 0.4) is 0 Å². The Morgan fingerprint density at radius 3 is 2.46 bits per heavy atom. The van der Waals surface area contributed by atoms with Gasteiger partial charge in [0, 0.05) is 19.2 Å². The molecule has 2 aromatic carbocycles. The zero-order chi connectivity index (χ0) is 20.6. The third kappa shape index (κ3) is 5.43. The Morgan fingerprint density at radius 1 is 1.29 bits per heavy atom. The summed E-state index contributed by atoms with van der Waals surface area (Å²) in [4.78, 5) is 11.3. The van der Waals surface area contributed by atoms with Crippen LogP contribution >= 0.6 is 0 Å². The summed E-state index contributed by atoms with van der Waals surface area (Å²) < 4.78 is 12.7. The van der Waals surface area contributed by atoms with Gasteiger partial charge in [0.2, 0.25) is 5.91 Å². The predicted molar refractivity (Wildman–Crippen MR) is 110 cm³/mol. The fourth-order valence-electron chi connectivity index (χ4n) is 2.97. The minimum Gasteiger partial charge on any atom is -0.388 e. The molecule has 4 nitrogen and oxygen atoms in total. The van der Waals surface area contributed by atoms with Gasteiger partial charge >= 0.3 is 0 Å². The fourth-order valence-corrected chi connectivity index (χ4v) is 2.97. The maximum atomic E-state index is 12.7. The highest BCUT2D eigenvalue weighted by Gasteiger charge is 2.45. The van der Waals surface area contributed by atoms with Crippen LogP contribution in [0.2, 0.25) is 0 Å². The number of hydrogen-bond donors (Lipinski definition) is 2. The zero-order valence-corrected chi connectivity index (χ0v) is 16.4. The van der Waals surface area contributed by atoms with E-state index in [1.807, 2.05) is 32.2 Å². The normalized spacial score (nSPS) is 13.4. The average Bonchev–Trinajstić information content (AvgIpc) is 3.49. The van der Waals surface area contributed by atoms with E-state index in [0.29, 0.717) is 12.0 Å². The fraction of sp³-hybridized carbons (Fsp3) is 0.304. The van der Waals surface area contributed by atoms with Crippen molar-refractivity contribution in [3.63, 3.8) is 0 Å². The highest BCUT2D eigenvalue weighted by molar-refractivity contribution is 5.77. The number of benzene rings is 2. The number of nitrogens with zero attached hydrogens (tertiary/aromatic N) is 1. The molecule has 2 aromatic rings. The Hall–Kier alpha value is -3.13. The number of hydrogen-bond acceptors (Lipinski definition) is 3. The number of nitrogens with one attached hydrogen (secondary N) is 2. The first kappa shape index (κ1) is 21.2. The molecule has 0 spiro atoms. The molecule has 1 aliphatic carbocycles. The van der Waals surface area contributed by atoms with E-state index in [1.165, 1.54) is 12.1 Å². The lowest BCUT2D eigenvalue weighted by molar-refractivity contribution is -0.121. The van der Waals surface area contributed by atoms with Gasteiger partial charge in [0.05, 0.1) is 17.2 Å². The Labute approximate surface area is 166 Å². The van der Waals surface area contributed by atoms with Crippen molar-refractivity contribution in [2.24, 2.45) is 0 Å². The third-order valence-corrected chi connectivity index (χ3v) is 4.71. The van der Waals surface area contributed by atoms with Gasteiger partial charge < -0.3 is 10.6 Å². The van der Waals surface area contributed by atoms with Crippen molar-refractivity contribution in [3.8, 4) is 6.07 Å². The van der Waals surface area contributed by atoms with E-state index >= 15 is 0 Å². The van der Waals surface area contributed by atoms with Crippen LogP contribution in [0.25, 0.3) is 0 Å². The SMILES string of the molecule is C=CCc1cc(C#N)ccc1NC.CCC(=O)NC1(c2ccc(F)cc2)CC1. The summed E-state index contributed by atoms with van der Waals surface area (Å²) in [6.07, 6.45) is 5.00. The van der Waals surface area contributed by atoms with E-state index < -0.39 is 0 Å². The highest BCUT2D eigenvalue weighted by Crippen LogP contribution is 2.45. The monoisotopic (exact) mass is 379 g/mol. The number of amides is 1. The van der Waals surface area contributed by atoms with Crippen LogP contribution in [0.5, 0.6) is 0 Å². The van der Waals surface area contributed by atoms with Crippen molar-refractivity contribution >= 4 is 11.6 Å². The van der Waals surface area contributed by atoms with Crippen LogP contribution in [0.15, 0.2) is 55.1 Å². The summed E-state index contributed by atoms with van der Waals surface area (Å²) in [7, 11) is 1.87. The summed E-state index contributed by atoms with van der Waals surface area (Å²) in [5.41, 5.74) is 3.65. The van der Waals surface area contributed by atoms with Gasteiger partial charge in [-0.3, -0.25) is 4.79 Å². The quantitative estimate of drug-likeness (QED) is 0.717. The first-order valence-electron chi connectivity index (χ1n) is 9.36. The number of anilines is 1. The molecule has 0 aliphatic heterocycles. The summed E-state index contributed by atoms with van der Waals surface area (Å²) in [5.74, 6) is -0.187. The minimum absolute atomic E-state index is 0.0526. The molecule has 28 heavy (non-hydrogen) atoms. The van der Waals surface area contributed by atoms with Crippen LogP contribution in [-0.4, -0.2) is 13.0 Å². The van der Waals surface area contributed by atoms with E-state index in [9.17, 15) is 9.18 Å². The van der Waals surface area contributed by atoms with E-state index in [0.717, 1.165) is 36.1 Å². The lowest BCUT2D eigenvalue weighted by atomic mass is 10.0.